The number of hydrogen-bond donors (Lipinski definition) is 1. The van der Waals surface area contributed by atoms with E-state index in [1.54, 1.807) is 0 Å². The van der Waals surface area contributed by atoms with E-state index in [9.17, 15) is 0 Å². The maximum absolute atomic E-state index is 4.85. The predicted octanol–water partition coefficient (Wildman–Crippen LogP) is 0.599. The van der Waals surface area contributed by atoms with Crippen molar-refractivity contribution in [2.45, 2.75) is 14.4 Å². The van der Waals surface area contributed by atoms with Crippen molar-refractivity contribution in [3.63, 3.8) is 0 Å². The van der Waals surface area contributed by atoms with Gasteiger partial charge in [-0.1, -0.05) is 14.4 Å². The molecule has 0 saturated carbocycles. The molecule has 0 unspecified atom stereocenters. The van der Waals surface area contributed by atoms with Gasteiger partial charge in [0.2, 0.25) is 0 Å². The normalized spacial score (nSPS) is 3.60. The molecule has 0 aromatic heterocycles. The molecule has 0 atom stereocenters. The molecule has 5 heavy (non-hydrogen) atoms. The molecule has 1 nitrogen and oxygen atoms in total. The van der Waals surface area contributed by atoms with Crippen LogP contribution in [0.1, 0.15) is 14.4 Å². The Kier molecular flexibility index (Phi) is 79.3. The molecule has 0 aromatic rings. The molecule has 0 fully saturated rings. The minimum atomic E-state index is 0. The van der Waals surface area contributed by atoms with Crippen LogP contribution in [0.5, 0.6) is 0 Å². The number of hydrogen-bond acceptors (Lipinski definition) is 1. The Morgan fingerprint density at radius 3 is 1.60 bits per heavy atom. The summed E-state index contributed by atoms with van der Waals surface area (Å²) in [6, 6.07) is 0. The van der Waals surface area contributed by atoms with Crippen molar-refractivity contribution in [2.24, 2.45) is 5.73 Å². The quantitative estimate of drug-likeness (QED) is 0.664. The zero-order valence-corrected chi connectivity index (χ0v) is 5.63. The van der Waals surface area contributed by atoms with Gasteiger partial charge in [-0.15, -0.1) is 0 Å². The van der Waals surface area contributed by atoms with Crippen molar-refractivity contribution in [1.82, 2.24) is 0 Å². The van der Waals surface area contributed by atoms with Gasteiger partial charge in [0.15, 0.2) is 0 Å². The van der Waals surface area contributed by atoms with Crippen LogP contribution < -0.4 is 5.73 Å². The van der Waals surface area contributed by atoms with Crippen LogP contribution in [-0.2, 0) is 21.1 Å². The summed E-state index contributed by atoms with van der Waals surface area (Å²) in [7, 11) is 0. The summed E-state index contributed by atoms with van der Waals surface area (Å²) in [6.45, 7) is 2.65. The van der Waals surface area contributed by atoms with Crippen LogP contribution in [0.3, 0.4) is 0 Å². The summed E-state index contributed by atoms with van der Waals surface area (Å²) in [5.41, 5.74) is 4.85. The number of rotatable bonds is 0. The average Bonchev–Trinajstić information content (AvgIpc) is 0.918. The Morgan fingerprint density at radius 2 is 1.60 bits per heavy atom. The van der Waals surface area contributed by atoms with Gasteiger partial charge in [-0.3, -0.25) is 0 Å². The fourth-order valence-corrected chi connectivity index (χ4v) is 0. The van der Waals surface area contributed by atoms with Gasteiger partial charge < -0.3 is 5.73 Å². The molecule has 2 N–H and O–H groups in total. The van der Waals surface area contributed by atoms with E-state index in [4.69, 9.17) is 5.73 Å². The molecule has 0 radical (unpaired) electrons. The molecule has 34 valence electrons. The second-order valence-electron chi connectivity index (χ2n) is 0.408. The first-order valence-corrected chi connectivity index (χ1v) is 1.12. The standard InChI is InChI=1S/C2H7N.CH4.W/c1-2-3;;/h2-3H2,1H3;1H4;. The molecule has 0 aliphatic heterocycles. The molecule has 0 aliphatic carbocycles. The second kappa shape index (κ2) is 22.8. The van der Waals surface area contributed by atoms with Crippen LogP contribution in [0, 0.1) is 0 Å². The Bertz CT molecular complexity index is 6.85. The molecule has 0 aromatic carbocycles. The first kappa shape index (κ1) is 17.4. The van der Waals surface area contributed by atoms with E-state index in [1.807, 2.05) is 6.92 Å². The molecule has 0 saturated heterocycles. The van der Waals surface area contributed by atoms with E-state index in [2.05, 4.69) is 0 Å². The predicted molar refractivity (Wildman–Crippen MR) is 21.5 cm³/mol. The van der Waals surface area contributed by atoms with Gasteiger partial charge in [0.1, 0.15) is 0 Å². The van der Waals surface area contributed by atoms with Crippen LogP contribution in [0.15, 0.2) is 0 Å². The Balaban J connectivity index is -0.0000000200. The number of nitrogens with two attached hydrogens (primary N) is 1. The van der Waals surface area contributed by atoms with E-state index in [0.29, 0.717) is 0 Å². The summed E-state index contributed by atoms with van der Waals surface area (Å²) < 4.78 is 0. The van der Waals surface area contributed by atoms with E-state index in [1.165, 1.54) is 0 Å². The zero-order chi connectivity index (χ0) is 2.71. The molecular weight excluding hydrogens is 234 g/mol. The Labute approximate surface area is 48.2 Å². The molecule has 0 rings (SSSR count). The molecule has 2 heteroatoms. The average molecular weight is 245 g/mol. The van der Waals surface area contributed by atoms with Crippen LogP contribution in [0.4, 0.5) is 0 Å². The molecule has 0 spiro atoms. The monoisotopic (exact) mass is 245 g/mol. The van der Waals surface area contributed by atoms with E-state index in [0.717, 1.165) is 6.54 Å². The van der Waals surface area contributed by atoms with E-state index in [-0.39, 0.29) is 28.5 Å². The van der Waals surface area contributed by atoms with Crippen LogP contribution in [0.2, 0.25) is 0 Å². The SMILES string of the molecule is C.CCN.[W]. The van der Waals surface area contributed by atoms with Crippen molar-refractivity contribution in [3.05, 3.63) is 0 Å². The van der Waals surface area contributed by atoms with E-state index < -0.39 is 0 Å². The van der Waals surface area contributed by atoms with Gasteiger partial charge in [0.25, 0.3) is 0 Å². The minimum Gasteiger partial charge on any atom is -0.331 e. The second-order valence-corrected chi connectivity index (χ2v) is 0.408. The fraction of sp³-hybridized carbons (Fsp3) is 1.00. The summed E-state index contributed by atoms with van der Waals surface area (Å²) >= 11 is 0. The third kappa shape index (κ3) is 77.6. The maximum Gasteiger partial charge on any atom is 0 e. The maximum atomic E-state index is 4.85. The van der Waals surface area contributed by atoms with Crippen molar-refractivity contribution in [1.29, 1.82) is 0 Å². The first-order valence-electron chi connectivity index (χ1n) is 1.12. The molecule has 0 aliphatic rings. The van der Waals surface area contributed by atoms with Gasteiger partial charge in [-0.05, 0) is 6.54 Å². The smallest absolute Gasteiger partial charge is 0 e. The first-order chi connectivity index (χ1) is 1.41. The molecule has 0 heterocycles. The van der Waals surface area contributed by atoms with Crippen molar-refractivity contribution in [2.75, 3.05) is 6.54 Å². The van der Waals surface area contributed by atoms with Crippen LogP contribution in [-0.4, -0.2) is 6.54 Å². The Hall–Kier alpha value is 0.648. The van der Waals surface area contributed by atoms with Crippen LogP contribution in [0.25, 0.3) is 0 Å². The van der Waals surface area contributed by atoms with Crippen molar-refractivity contribution < 1.29 is 21.1 Å². The van der Waals surface area contributed by atoms with Crippen molar-refractivity contribution in [3.8, 4) is 0 Å². The minimum absolute atomic E-state index is 0. The van der Waals surface area contributed by atoms with Crippen LogP contribution >= 0.6 is 0 Å². The van der Waals surface area contributed by atoms with Gasteiger partial charge in [-0.25, -0.2) is 0 Å². The van der Waals surface area contributed by atoms with E-state index >= 15 is 0 Å². The molecule has 0 bridgehead atoms. The molecule has 0 amide bonds. The van der Waals surface area contributed by atoms with Gasteiger partial charge in [-0.2, -0.15) is 0 Å². The summed E-state index contributed by atoms with van der Waals surface area (Å²) in [5, 5.41) is 0. The molecular formula is C3H11NW. The third-order valence-corrected chi connectivity index (χ3v) is 0. The van der Waals surface area contributed by atoms with Gasteiger partial charge >= 0.3 is 0 Å². The largest absolute Gasteiger partial charge is 0.331 e. The summed E-state index contributed by atoms with van der Waals surface area (Å²) in [6.07, 6.45) is 0. The summed E-state index contributed by atoms with van der Waals surface area (Å²) in [5.74, 6) is 0. The Morgan fingerprint density at radius 1 is 1.60 bits per heavy atom. The van der Waals surface area contributed by atoms with Crippen molar-refractivity contribution >= 4 is 0 Å². The van der Waals surface area contributed by atoms with Gasteiger partial charge in [0, 0.05) is 21.1 Å². The summed E-state index contributed by atoms with van der Waals surface area (Å²) in [4.78, 5) is 0. The van der Waals surface area contributed by atoms with Gasteiger partial charge in [0.05, 0.1) is 0 Å². The fourth-order valence-electron chi connectivity index (χ4n) is 0. The zero-order valence-electron chi connectivity index (χ0n) is 2.69. The topological polar surface area (TPSA) is 26.0 Å². The third-order valence-electron chi connectivity index (χ3n) is 0.